The Morgan fingerprint density at radius 3 is 1.45 bits per heavy atom. The van der Waals surface area contributed by atoms with E-state index in [2.05, 4.69) is 20.4 Å². The zero-order chi connectivity index (χ0) is 28.3. The van der Waals surface area contributed by atoms with Gasteiger partial charge in [0, 0.05) is 22.3 Å². The fraction of sp³-hybridized carbons (Fsp3) is 0.143. The summed E-state index contributed by atoms with van der Waals surface area (Å²) < 4.78 is 60.4. The lowest BCUT2D eigenvalue weighted by atomic mass is 10.0. The topological polar surface area (TPSA) is 144 Å². The van der Waals surface area contributed by atoms with Crippen molar-refractivity contribution in [2.45, 2.75) is 23.6 Å². The maximum Gasteiger partial charge on any atom is 0.297 e. The molecule has 0 saturated carbocycles. The van der Waals surface area contributed by atoms with Crippen molar-refractivity contribution in [2.24, 2.45) is 0 Å². The number of aromatic nitrogens is 4. The fourth-order valence-electron chi connectivity index (χ4n) is 4.30. The molecule has 5 aromatic rings. The minimum Gasteiger partial charge on any atom is -0.277 e. The van der Waals surface area contributed by atoms with Crippen LogP contribution in [0.25, 0.3) is 45.0 Å². The van der Waals surface area contributed by atoms with Gasteiger partial charge in [-0.25, -0.2) is 0 Å². The fourth-order valence-corrected chi connectivity index (χ4v) is 6.56. The Labute approximate surface area is 232 Å². The van der Waals surface area contributed by atoms with Crippen LogP contribution in [0.15, 0.2) is 94.7 Å². The molecule has 12 heteroatoms. The predicted molar refractivity (Wildman–Crippen MR) is 150 cm³/mol. The molecule has 0 radical (unpaired) electrons. The third-order valence-electron chi connectivity index (χ3n) is 6.05. The molecule has 0 aliphatic rings. The Morgan fingerprint density at radius 1 is 0.600 bits per heavy atom. The summed E-state index contributed by atoms with van der Waals surface area (Å²) in [4.78, 5) is 0.105. The molecule has 3 aromatic carbocycles. The van der Waals surface area contributed by atoms with Crippen molar-refractivity contribution in [2.75, 3.05) is 13.2 Å². The van der Waals surface area contributed by atoms with Crippen LogP contribution in [0, 0.1) is 0 Å². The average Bonchev–Trinajstić information content (AvgIpc) is 3.64. The van der Waals surface area contributed by atoms with E-state index >= 15 is 0 Å². The normalized spacial score (nSPS) is 12.1. The molecule has 2 heterocycles. The lowest BCUT2D eigenvalue weighted by Crippen LogP contribution is -2.07. The number of benzene rings is 3. The molecule has 5 rings (SSSR count). The summed E-state index contributed by atoms with van der Waals surface area (Å²) in [5.74, 6) is 0. The highest BCUT2D eigenvalue weighted by atomic mass is 32.2. The van der Waals surface area contributed by atoms with E-state index in [1.165, 1.54) is 12.1 Å². The van der Waals surface area contributed by atoms with E-state index in [-0.39, 0.29) is 23.0 Å². The summed E-state index contributed by atoms with van der Waals surface area (Å²) in [5.41, 5.74) is 4.69. The van der Waals surface area contributed by atoms with Crippen molar-refractivity contribution < 1.29 is 25.2 Å². The van der Waals surface area contributed by atoms with Crippen LogP contribution in [0.4, 0.5) is 0 Å². The van der Waals surface area contributed by atoms with Crippen molar-refractivity contribution in [1.82, 2.24) is 20.4 Å². The number of H-pyrrole nitrogens is 2. The van der Waals surface area contributed by atoms with E-state index in [9.17, 15) is 16.8 Å². The number of nitrogens with zero attached hydrogens (tertiary/aromatic N) is 2. The van der Waals surface area contributed by atoms with Gasteiger partial charge in [0.05, 0.1) is 36.0 Å². The molecule has 2 N–H and O–H groups in total. The summed E-state index contributed by atoms with van der Waals surface area (Å²) in [5, 5.41) is 14.7. The highest BCUT2D eigenvalue weighted by molar-refractivity contribution is 7.87. The van der Waals surface area contributed by atoms with Crippen LogP contribution >= 0.6 is 0 Å². The van der Waals surface area contributed by atoms with Gasteiger partial charge >= 0.3 is 0 Å². The lowest BCUT2D eigenvalue weighted by Gasteiger charge is -2.08. The van der Waals surface area contributed by atoms with E-state index < -0.39 is 20.2 Å². The number of hydrogen-bond acceptors (Lipinski definition) is 8. The Hall–Kier alpha value is -4.10. The maximum absolute atomic E-state index is 12.6. The van der Waals surface area contributed by atoms with Crippen molar-refractivity contribution >= 4 is 20.2 Å². The van der Waals surface area contributed by atoms with E-state index in [4.69, 9.17) is 8.37 Å². The number of aromatic amines is 2. The zero-order valence-corrected chi connectivity index (χ0v) is 23.3. The quantitative estimate of drug-likeness (QED) is 0.214. The largest absolute Gasteiger partial charge is 0.297 e. The van der Waals surface area contributed by atoms with Crippen LogP contribution in [0.5, 0.6) is 0 Å². The van der Waals surface area contributed by atoms with Gasteiger partial charge in [-0.2, -0.15) is 27.0 Å². The summed E-state index contributed by atoms with van der Waals surface area (Å²) >= 11 is 0. The van der Waals surface area contributed by atoms with Gasteiger partial charge in [0.2, 0.25) is 0 Å². The summed E-state index contributed by atoms with van der Waals surface area (Å²) in [6, 6.07) is 24.2. The van der Waals surface area contributed by atoms with Crippen LogP contribution in [0.3, 0.4) is 0 Å². The second-order valence-corrected chi connectivity index (χ2v) is 11.8. The van der Waals surface area contributed by atoms with Crippen molar-refractivity contribution in [3.63, 3.8) is 0 Å². The third kappa shape index (κ3) is 5.47. The first-order valence-electron chi connectivity index (χ1n) is 12.4. The van der Waals surface area contributed by atoms with Gasteiger partial charge in [-0.1, -0.05) is 54.6 Å². The Kier molecular flexibility index (Phi) is 7.68. The maximum atomic E-state index is 12.6. The Balaban J connectivity index is 1.47. The smallest absolute Gasteiger partial charge is 0.277 e. The molecule has 0 spiro atoms. The highest BCUT2D eigenvalue weighted by Crippen LogP contribution is 2.33. The molecule has 0 saturated heterocycles. The highest BCUT2D eigenvalue weighted by Gasteiger charge is 2.22. The molecule has 0 aliphatic heterocycles. The molecule has 0 aliphatic carbocycles. The number of hydrogen-bond donors (Lipinski definition) is 2. The molecule has 0 fully saturated rings. The monoisotopic (exact) mass is 578 g/mol. The second kappa shape index (κ2) is 11.2. The number of nitrogens with one attached hydrogen (secondary N) is 2. The van der Waals surface area contributed by atoms with Crippen molar-refractivity contribution in [1.29, 1.82) is 0 Å². The van der Waals surface area contributed by atoms with Crippen molar-refractivity contribution in [3.05, 3.63) is 84.9 Å². The van der Waals surface area contributed by atoms with Crippen LogP contribution in [0.1, 0.15) is 13.8 Å². The predicted octanol–water partition coefficient (Wildman–Crippen LogP) is 5.25. The van der Waals surface area contributed by atoms with Crippen LogP contribution < -0.4 is 0 Å². The molecule has 0 bridgehead atoms. The first-order chi connectivity index (χ1) is 19.2. The molecule has 0 unspecified atom stereocenters. The SMILES string of the molecule is CCOS(=O)(=O)c1ccccc1-c1cc(-c2cccc(-c3cc(-c4ccccc4S(=O)(=O)OCC)[nH]n3)c2)n[nH]1. The molecule has 2 aromatic heterocycles. The average molecular weight is 579 g/mol. The van der Waals surface area contributed by atoms with Gasteiger partial charge in [0.25, 0.3) is 20.2 Å². The molecule has 206 valence electrons. The van der Waals surface area contributed by atoms with E-state index in [0.717, 1.165) is 11.1 Å². The van der Waals surface area contributed by atoms with Crippen LogP contribution in [0.2, 0.25) is 0 Å². The zero-order valence-electron chi connectivity index (χ0n) is 21.7. The summed E-state index contributed by atoms with van der Waals surface area (Å²) in [6.45, 7) is 3.29. The first kappa shape index (κ1) is 27.5. The van der Waals surface area contributed by atoms with E-state index in [1.807, 2.05) is 24.3 Å². The third-order valence-corrected chi connectivity index (χ3v) is 8.93. The van der Waals surface area contributed by atoms with Gasteiger partial charge in [0.15, 0.2) is 0 Å². The van der Waals surface area contributed by atoms with Gasteiger partial charge in [-0.15, -0.1) is 0 Å². The first-order valence-corrected chi connectivity index (χ1v) is 15.2. The van der Waals surface area contributed by atoms with Gasteiger partial charge in [-0.05, 0) is 44.2 Å². The molecule has 0 atom stereocenters. The molecule has 40 heavy (non-hydrogen) atoms. The Bertz CT molecular complexity index is 1740. The summed E-state index contributed by atoms with van der Waals surface area (Å²) in [7, 11) is -7.86. The van der Waals surface area contributed by atoms with Gasteiger partial charge in [-0.3, -0.25) is 18.6 Å². The lowest BCUT2D eigenvalue weighted by molar-refractivity contribution is 0.337. The van der Waals surface area contributed by atoms with Gasteiger partial charge in [0.1, 0.15) is 9.79 Å². The standard InChI is InChI=1S/C28H26N4O6S2/c1-3-37-39(33,34)27-14-7-5-12-21(27)25-17-23(29-31-25)19-10-9-11-20(16-19)24-18-26(32-30-24)22-13-6-8-15-28(22)40(35,36)38-4-2/h5-18H,3-4H2,1-2H3,(H,29,31)(H,30,32). The minimum atomic E-state index is -3.93. The van der Waals surface area contributed by atoms with Crippen LogP contribution in [-0.2, 0) is 28.6 Å². The molecule has 0 amide bonds. The second-order valence-electron chi connectivity index (χ2n) is 8.63. The molecule has 10 nitrogen and oxygen atoms in total. The van der Waals surface area contributed by atoms with Crippen LogP contribution in [-0.4, -0.2) is 50.4 Å². The summed E-state index contributed by atoms with van der Waals surface area (Å²) in [6.07, 6.45) is 0. The molecular weight excluding hydrogens is 552 g/mol. The minimum absolute atomic E-state index is 0.0283. The molecular formula is C28H26N4O6S2. The van der Waals surface area contributed by atoms with E-state index in [0.29, 0.717) is 33.9 Å². The van der Waals surface area contributed by atoms with E-state index in [1.54, 1.807) is 62.4 Å². The van der Waals surface area contributed by atoms with Gasteiger partial charge < -0.3 is 0 Å². The Morgan fingerprint density at radius 2 is 1.02 bits per heavy atom. The number of rotatable bonds is 10. The van der Waals surface area contributed by atoms with Crippen molar-refractivity contribution in [3.8, 4) is 45.0 Å².